The molecule has 2 fully saturated rings. The van der Waals surface area contributed by atoms with Gasteiger partial charge in [-0.15, -0.1) is 0 Å². The van der Waals surface area contributed by atoms with E-state index in [9.17, 15) is 32.2 Å². The summed E-state index contributed by atoms with van der Waals surface area (Å²) < 4.78 is 54.3. The molecule has 39 heavy (non-hydrogen) atoms. The molecule has 0 aliphatic heterocycles. The number of pyridine rings is 1. The lowest BCUT2D eigenvalue weighted by atomic mass is 9.70. The first-order chi connectivity index (χ1) is 18.4. The van der Waals surface area contributed by atoms with Crippen molar-refractivity contribution in [3.05, 3.63) is 88.2 Å². The minimum Gasteiger partial charge on any atom is -0.386 e. The van der Waals surface area contributed by atoms with E-state index in [1.807, 2.05) is 0 Å². The highest BCUT2D eigenvalue weighted by atomic mass is 35.5. The lowest BCUT2D eigenvalue weighted by molar-refractivity contribution is -0.145. The molecule has 206 valence electrons. The van der Waals surface area contributed by atoms with Crippen LogP contribution in [0.2, 0.25) is 5.02 Å². The number of carbonyl (C=O) groups excluding carboxylic acids is 1. The fraction of sp³-hybridized carbons (Fsp3) is 0.357. The maximum Gasteiger partial charge on any atom is 0.255 e. The summed E-state index contributed by atoms with van der Waals surface area (Å²) in [4.78, 5) is 16.9. The fourth-order valence-electron chi connectivity index (χ4n) is 6.01. The first-order valence-electron chi connectivity index (χ1n) is 12.5. The van der Waals surface area contributed by atoms with E-state index in [2.05, 4.69) is 10.3 Å². The van der Waals surface area contributed by atoms with Gasteiger partial charge in [-0.25, -0.2) is 17.2 Å². The summed E-state index contributed by atoms with van der Waals surface area (Å²) in [5.74, 6) is -3.88. The third kappa shape index (κ3) is 4.95. The Morgan fingerprint density at radius 1 is 1.08 bits per heavy atom. The summed E-state index contributed by atoms with van der Waals surface area (Å²) in [5.41, 5.74) is -0.495. The number of benzene rings is 2. The summed E-state index contributed by atoms with van der Waals surface area (Å²) >= 11 is 6.29. The van der Waals surface area contributed by atoms with E-state index in [4.69, 9.17) is 11.6 Å². The highest BCUT2D eigenvalue weighted by Crippen LogP contribution is 2.56. The highest BCUT2D eigenvalue weighted by molar-refractivity contribution is 7.92. The number of fused-ring (bicyclic) bond motifs is 2. The van der Waals surface area contributed by atoms with Crippen molar-refractivity contribution in [2.24, 2.45) is 11.8 Å². The molecule has 5 rings (SSSR count). The highest BCUT2D eigenvalue weighted by Gasteiger charge is 2.59. The Hall–Kier alpha value is -2.92. The molecule has 0 saturated heterocycles. The van der Waals surface area contributed by atoms with Gasteiger partial charge in [0.2, 0.25) is 0 Å². The van der Waals surface area contributed by atoms with Crippen LogP contribution in [0, 0.1) is 30.4 Å². The molecule has 2 aromatic carbocycles. The molecule has 11 heteroatoms. The Bertz CT molecular complexity index is 1540. The number of rotatable bonds is 6. The van der Waals surface area contributed by atoms with Crippen molar-refractivity contribution >= 4 is 33.0 Å². The molecule has 2 saturated carbocycles. The molecule has 2 bridgehead atoms. The van der Waals surface area contributed by atoms with Gasteiger partial charge in [0, 0.05) is 23.0 Å². The molecule has 3 N–H and O–H groups in total. The van der Waals surface area contributed by atoms with Crippen LogP contribution in [-0.4, -0.2) is 40.4 Å². The number of amides is 1. The maximum atomic E-state index is 13.8. The molecular weight excluding hydrogens is 550 g/mol. The molecule has 2 aliphatic carbocycles. The zero-order valence-corrected chi connectivity index (χ0v) is 22.5. The van der Waals surface area contributed by atoms with Gasteiger partial charge in [0.15, 0.2) is 21.5 Å². The van der Waals surface area contributed by atoms with E-state index in [-0.39, 0.29) is 34.0 Å². The van der Waals surface area contributed by atoms with E-state index in [1.54, 1.807) is 25.1 Å². The Labute approximate surface area is 229 Å². The van der Waals surface area contributed by atoms with Crippen LogP contribution in [0.3, 0.4) is 0 Å². The van der Waals surface area contributed by atoms with Gasteiger partial charge in [0.25, 0.3) is 5.91 Å². The standard InChI is InChI=1S/C28H27ClF2N2O5S/c1-15-3-2-4-24(32-15)26(34)28(36)17-6-7-18(28)13-20(12-17)39(37,38)25-11-16(5-9-21(25)29)27(35)33-19-8-10-22(30)23(31)14-19/h2-5,8-11,14,17-18,20,26,34,36H,6-7,12-13H2,1H3,(H,33,35)/t17?,18?,20?,26-,28?/m1/s1. The summed E-state index contributed by atoms with van der Waals surface area (Å²) in [6, 6.07) is 11.9. The van der Waals surface area contributed by atoms with Crippen molar-refractivity contribution in [2.75, 3.05) is 5.32 Å². The number of carbonyl (C=O) groups is 1. The predicted octanol–water partition coefficient (Wildman–Crippen LogP) is 5.00. The minimum atomic E-state index is -4.04. The molecule has 3 aromatic rings. The molecule has 1 heterocycles. The molecule has 1 amide bonds. The second-order valence-electron chi connectivity index (χ2n) is 10.3. The van der Waals surface area contributed by atoms with Crippen molar-refractivity contribution in [3.8, 4) is 0 Å². The van der Waals surface area contributed by atoms with Crippen molar-refractivity contribution < 1.29 is 32.2 Å². The van der Waals surface area contributed by atoms with Crippen LogP contribution in [0.25, 0.3) is 0 Å². The Kier molecular flexibility index (Phi) is 7.26. The van der Waals surface area contributed by atoms with Crippen LogP contribution in [0.15, 0.2) is 59.5 Å². The Balaban J connectivity index is 1.39. The largest absolute Gasteiger partial charge is 0.386 e. The number of aromatic nitrogens is 1. The fourth-order valence-corrected chi connectivity index (χ4v) is 8.42. The van der Waals surface area contributed by atoms with Crippen LogP contribution >= 0.6 is 11.6 Å². The first kappa shape index (κ1) is 27.6. The minimum absolute atomic E-state index is 0.00283. The number of hydrogen-bond acceptors (Lipinski definition) is 6. The second kappa shape index (κ2) is 10.2. The zero-order valence-electron chi connectivity index (χ0n) is 20.9. The van der Waals surface area contributed by atoms with Gasteiger partial charge in [0.1, 0.15) is 11.7 Å². The summed E-state index contributed by atoms with van der Waals surface area (Å²) in [5, 5.41) is 24.3. The number of hydrogen-bond donors (Lipinski definition) is 3. The van der Waals surface area contributed by atoms with Crippen molar-refractivity contribution in [1.82, 2.24) is 4.98 Å². The predicted molar refractivity (Wildman–Crippen MR) is 141 cm³/mol. The van der Waals surface area contributed by atoms with E-state index < -0.39 is 56.2 Å². The molecule has 7 nitrogen and oxygen atoms in total. The number of aliphatic hydroxyl groups is 2. The third-order valence-electron chi connectivity index (χ3n) is 8.01. The van der Waals surface area contributed by atoms with Gasteiger partial charge in [0.05, 0.1) is 20.9 Å². The van der Waals surface area contributed by atoms with E-state index in [1.165, 1.54) is 24.3 Å². The van der Waals surface area contributed by atoms with Crippen molar-refractivity contribution in [2.45, 2.75) is 54.5 Å². The average molecular weight is 577 g/mol. The normalized spacial score (nSPS) is 25.3. The summed E-state index contributed by atoms with van der Waals surface area (Å²) in [7, 11) is -4.04. The quantitative estimate of drug-likeness (QED) is 0.380. The monoisotopic (exact) mass is 576 g/mol. The topological polar surface area (TPSA) is 117 Å². The number of nitrogens with one attached hydrogen (secondary N) is 1. The first-order valence-corrected chi connectivity index (χ1v) is 14.5. The molecule has 1 aromatic heterocycles. The lowest BCUT2D eigenvalue weighted by Gasteiger charge is -2.45. The van der Waals surface area contributed by atoms with Crippen molar-refractivity contribution in [1.29, 1.82) is 0 Å². The van der Waals surface area contributed by atoms with E-state index >= 15 is 0 Å². The zero-order chi connectivity index (χ0) is 28.1. The van der Waals surface area contributed by atoms with Crippen LogP contribution in [0.5, 0.6) is 0 Å². The number of halogens is 3. The number of nitrogens with zero attached hydrogens (tertiary/aromatic N) is 1. The van der Waals surface area contributed by atoms with Gasteiger partial charge in [-0.05, 0) is 86.9 Å². The van der Waals surface area contributed by atoms with Crippen LogP contribution in [0.4, 0.5) is 14.5 Å². The SMILES string of the molecule is Cc1cccc([C@@H](O)C2(O)C3CCC2CC(S(=O)(=O)c2cc(C(=O)Nc4ccc(F)c(F)c4)ccc2Cl)C3)n1. The van der Waals surface area contributed by atoms with Crippen LogP contribution < -0.4 is 5.32 Å². The van der Waals surface area contributed by atoms with Crippen LogP contribution in [0.1, 0.15) is 53.5 Å². The molecule has 2 unspecified atom stereocenters. The molecule has 2 aliphatic rings. The second-order valence-corrected chi connectivity index (χ2v) is 12.9. The number of aliphatic hydroxyl groups excluding tert-OH is 1. The Morgan fingerprint density at radius 3 is 2.41 bits per heavy atom. The average Bonchev–Trinajstić information content (AvgIpc) is 3.05. The molecular formula is C28H27ClF2N2O5S. The number of anilines is 1. The third-order valence-corrected chi connectivity index (χ3v) is 10.7. The van der Waals surface area contributed by atoms with E-state index in [0.29, 0.717) is 24.2 Å². The maximum absolute atomic E-state index is 13.8. The van der Waals surface area contributed by atoms with Gasteiger partial charge in [-0.2, -0.15) is 0 Å². The van der Waals surface area contributed by atoms with Gasteiger partial charge in [-0.1, -0.05) is 17.7 Å². The van der Waals surface area contributed by atoms with Crippen LogP contribution in [-0.2, 0) is 9.84 Å². The van der Waals surface area contributed by atoms with Gasteiger partial charge in [-0.3, -0.25) is 9.78 Å². The number of sulfone groups is 1. The van der Waals surface area contributed by atoms with Gasteiger partial charge < -0.3 is 15.5 Å². The van der Waals surface area contributed by atoms with Crippen molar-refractivity contribution in [3.63, 3.8) is 0 Å². The molecule has 3 atom stereocenters. The van der Waals surface area contributed by atoms with E-state index in [0.717, 1.165) is 12.1 Å². The molecule has 0 radical (unpaired) electrons. The molecule has 0 spiro atoms. The van der Waals surface area contributed by atoms with Gasteiger partial charge >= 0.3 is 0 Å². The summed E-state index contributed by atoms with van der Waals surface area (Å²) in [6.45, 7) is 1.79. The summed E-state index contributed by atoms with van der Waals surface area (Å²) in [6.07, 6.45) is 0.0751. The number of aryl methyl sites for hydroxylation is 1. The lowest BCUT2D eigenvalue weighted by Crippen LogP contribution is -2.52. The Morgan fingerprint density at radius 2 is 1.77 bits per heavy atom. The smallest absolute Gasteiger partial charge is 0.255 e.